The number of hydrogen-bond acceptors (Lipinski definition) is 4. The predicted molar refractivity (Wildman–Crippen MR) is 131 cm³/mol. The first kappa shape index (κ1) is 25.1. The third-order valence-corrected chi connectivity index (χ3v) is 7.21. The van der Waals surface area contributed by atoms with Crippen LogP contribution in [0.4, 0.5) is 5.69 Å². The average Bonchev–Trinajstić information content (AvgIpc) is 3.09. The summed E-state index contributed by atoms with van der Waals surface area (Å²) in [4.78, 5) is 46.8. The largest absolute Gasteiger partial charge is 0.342 e. The zero-order valence-electron chi connectivity index (χ0n) is 20.6. The molecule has 2 saturated heterocycles. The molecule has 1 aromatic carbocycles. The molecule has 0 saturated carbocycles. The summed E-state index contributed by atoms with van der Waals surface area (Å²) >= 11 is 0. The summed E-state index contributed by atoms with van der Waals surface area (Å²) in [6, 6.07) is 9.97. The number of carbonyl (C=O) groups excluding carboxylic acids is 3. The summed E-state index contributed by atoms with van der Waals surface area (Å²) in [5.74, 6) is 0.200. The zero-order valence-corrected chi connectivity index (χ0v) is 20.6. The van der Waals surface area contributed by atoms with Crippen LogP contribution in [0.2, 0.25) is 0 Å². The maximum Gasteiger partial charge on any atom is 0.250 e. The van der Waals surface area contributed by atoms with Crippen LogP contribution in [0.15, 0.2) is 30.3 Å². The Kier molecular flexibility index (Phi) is 8.75. The van der Waals surface area contributed by atoms with Gasteiger partial charge in [0.05, 0.1) is 6.67 Å². The first-order valence-corrected chi connectivity index (χ1v) is 12.6. The van der Waals surface area contributed by atoms with Gasteiger partial charge in [-0.1, -0.05) is 44.4 Å². The highest BCUT2D eigenvalue weighted by Gasteiger charge is 2.54. The van der Waals surface area contributed by atoms with Crippen molar-refractivity contribution in [2.75, 3.05) is 44.3 Å². The Bertz CT molecular complexity index is 801. The highest BCUT2D eigenvalue weighted by molar-refractivity contribution is 5.96. The number of anilines is 1. The Morgan fingerprint density at radius 1 is 0.970 bits per heavy atom. The molecule has 2 aliphatic heterocycles. The Balaban J connectivity index is 1.73. The number of carbonyl (C=O) groups is 3. The fourth-order valence-electron chi connectivity index (χ4n) is 5.15. The number of benzene rings is 1. The van der Waals surface area contributed by atoms with Gasteiger partial charge in [0.25, 0.3) is 5.91 Å². The molecule has 2 aliphatic rings. The van der Waals surface area contributed by atoms with E-state index in [-0.39, 0.29) is 24.3 Å². The van der Waals surface area contributed by atoms with Crippen LogP contribution in [0.5, 0.6) is 0 Å². The van der Waals surface area contributed by atoms with E-state index in [2.05, 4.69) is 11.8 Å². The predicted octanol–water partition coefficient (Wildman–Crippen LogP) is 3.49. The lowest BCUT2D eigenvalue weighted by molar-refractivity contribution is -0.142. The lowest BCUT2D eigenvalue weighted by atomic mass is 9.85. The van der Waals surface area contributed by atoms with Gasteiger partial charge >= 0.3 is 0 Å². The Labute approximate surface area is 198 Å². The zero-order chi connectivity index (χ0) is 23.8. The van der Waals surface area contributed by atoms with Crippen LogP contribution in [0.1, 0.15) is 65.7 Å². The van der Waals surface area contributed by atoms with Gasteiger partial charge in [0.15, 0.2) is 0 Å². The highest BCUT2D eigenvalue weighted by Crippen LogP contribution is 2.39. The fraction of sp³-hybridized carbons (Fsp3) is 0.654. The van der Waals surface area contributed by atoms with Crippen molar-refractivity contribution in [3.63, 3.8) is 0 Å². The van der Waals surface area contributed by atoms with Crippen LogP contribution in [-0.4, -0.2) is 77.4 Å². The Morgan fingerprint density at radius 2 is 1.64 bits per heavy atom. The monoisotopic (exact) mass is 456 g/mol. The van der Waals surface area contributed by atoms with Crippen molar-refractivity contribution in [3.05, 3.63) is 30.3 Å². The van der Waals surface area contributed by atoms with Crippen molar-refractivity contribution in [3.8, 4) is 0 Å². The minimum absolute atomic E-state index is 0.0156. The van der Waals surface area contributed by atoms with Crippen LogP contribution in [-0.2, 0) is 14.4 Å². The third-order valence-electron chi connectivity index (χ3n) is 7.21. The summed E-state index contributed by atoms with van der Waals surface area (Å²) in [5.41, 5.74) is 0.298. The highest BCUT2D eigenvalue weighted by atomic mass is 16.2. The molecule has 0 radical (unpaired) electrons. The van der Waals surface area contributed by atoms with Gasteiger partial charge in [-0.3, -0.25) is 14.4 Å². The lowest BCUT2D eigenvalue weighted by Crippen LogP contribution is -2.57. The molecule has 1 aromatic rings. The van der Waals surface area contributed by atoms with Gasteiger partial charge in [0.2, 0.25) is 11.8 Å². The fourth-order valence-corrected chi connectivity index (χ4v) is 5.15. The van der Waals surface area contributed by atoms with E-state index in [1.54, 1.807) is 9.80 Å². The molecular formula is C26H40N4O3. The summed E-state index contributed by atoms with van der Waals surface area (Å²) in [6.45, 7) is 9.04. The van der Waals surface area contributed by atoms with Crippen molar-refractivity contribution in [2.24, 2.45) is 0 Å². The maximum atomic E-state index is 13.7. The van der Waals surface area contributed by atoms with Crippen molar-refractivity contribution in [2.45, 2.75) is 71.3 Å². The van der Waals surface area contributed by atoms with Gasteiger partial charge in [-0.2, -0.15) is 0 Å². The van der Waals surface area contributed by atoms with E-state index in [9.17, 15) is 14.4 Å². The smallest absolute Gasteiger partial charge is 0.250 e. The van der Waals surface area contributed by atoms with Crippen molar-refractivity contribution < 1.29 is 14.4 Å². The summed E-state index contributed by atoms with van der Waals surface area (Å²) < 4.78 is 0. The summed E-state index contributed by atoms with van der Waals surface area (Å²) in [6.07, 6.45) is 6.13. The maximum absolute atomic E-state index is 13.7. The third kappa shape index (κ3) is 5.50. The van der Waals surface area contributed by atoms with Crippen LogP contribution in [0.3, 0.4) is 0 Å². The molecule has 0 aliphatic carbocycles. The molecule has 0 N–H and O–H groups in total. The number of hydrogen-bond donors (Lipinski definition) is 0. The number of piperidine rings is 1. The lowest BCUT2D eigenvalue weighted by Gasteiger charge is -2.43. The normalized spacial score (nSPS) is 17.7. The van der Waals surface area contributed by atoms with E-state index in [1.165, 1.54) is 6.42 Å². The van der Waals surface area contributed by atoms with E-state index in [0.29, 0.717) is 52.1 Å². The number of unbranched alkanes of at least 4 members (excludes halogenated alkanes) is 3. The van der Waals surface area contributed by atoms with Gasteiger partial charge in [-0.15, -0.1) is 0 Å². The van der Waals surface area contributed by atoms with Crippen LogP contribution in [0, 0.1) is 0 Å². The quantitative estimate of drug-likeness (QED) is 0.506. The standard InChI is InChI=1S/C26H40N4O3/c1-4-7-8-12-15-23(31)28-18-16-26(17-19-28)25(33)29(20-24(32)27(5-2)6-3)21-30(26)22-13-10-9-11-14-22/h9-11,13-14H,4-8,12,15-21H2,1-3H3. The van der Waals surface area contributed by atoms with Crippen LogP contribution in [0.25, 0.3) is 0 Å². The molecule has 0 aromatic heterocycles. The molecule has 3 amide bonds. The second kappa shape index (κ2) is 11.5. The van der Waals surface area contributed by atoms with E-state index in [4.69, 9.17) is 0 Å². The number of para-hydroxylation sites is 1. The summed E-state index contributed by atoms with van der Waals surface area (Å²) in [5, 5.41) is 0. The topological polar surface area (TPSA) is 64.2 Å². The number of rotatable bonds is 10. The first-order valence-electron chi connectivity index (χ1n) is 12.6. The second-order valence-corrected chi connectivity index (χ2v) is 9.20. The first-order chi connectivity index (χ1) is 16.0. The minimum atomic E-state index is -0.691. The van der Waals surface area contributed by atoms with Crippen LogP contribution < -0.4 is 4.90 Å². The number of likely N-dealkylation sites (N-methyl/N-ethyl adjacent to an activating group) is 1. The number of nitrogens with zero attached hydrogens (tertiary/aromatic N) is 4. The van der Waals surface area contributed by atoms with Crippen molar-refractivity contribution in [1.82, 2.24) is 14.7 Å². The van der Waals surface area contributed by atoms with Gasteiger partial charge in [0, 0.05) is 38.3 Å². The van der Waals surface area contributed by atoms with Gasteiger partial charge in [-0.25, -0.2) is 0 Å². The average molecular weight is 457 g/mol. The molecular weight excluding hydrogens is 416 g/mol. The SMILES string of the molecule is CCCCCCC(=O)N1CCC2(CC1)C(=O)N(CC(=O)N(CC)CC)CN2c1ccccc1. The molecule has 0 atom stereocenters. The molecule has 7 heteroatoms. The van der Waals surface area contributed by atoms with E-state index >= 15 is 0 Å². The molecule has 3 rings (SSSR count). The molecule has 2 fully saturated rings. The molecule has 182 valence electrons. The van der Waals surface area contributed by atoms with Crippen molar-refractivity contribution >= 4 is 23.4 Å². The molecule has 0 unspecified atom stereocenters. The van der Waals surface area contributed by atoms with Crippen LogP contribution >= 0.6 is 0 Å². The number of likely N-dealkylation sites (tertiary alicyclic amines) is 1. The molecule has 7 nitrogen and oxygen atoms in total. The molecule has 33 heavy (non-hydrogen) atoms. The van der Waals surface area contributed by atoms with Gasteiger partial charge < -0.3 is 19.6 Å². The Hall–Kier alpha value is -2.57. The van der Waals surface area contributed by atoms with E-state index < -0.39 is 5.54 Å². The van der Waals surface area contributed by atoms with E-state index in [1.807, 2.05) is 49.1 Å². The van der Waals surface area contributed by atoms with E-state index in [0.717, 1.165) is 24.9 Å². The Morgan fingerprint density at radius 3 is 2.24 bits per heavy atom. The summed E-state index contributed by atoms with van der Waals surface area (Å²) in [7, 11) is 0. The second-order valence-electron chi connectivity index (χ2n) is 9.20. The molecule has 1 spiro atoms. The number of amides is 3. The van der Waals surface area contributed by atoms with Gasteiger partial charge in [0.1, 0.15) is 12.1 Å². The van der Waals surface area contributed by atoms with Gasteiger partial charge in [-0.05, 0) is 45.2 Å². The minimum Gasteiger partial charge on any atom is -0.342 e. The molecule has 0 bridgehead atoms. The van der Waals surface area contributed by atoms with Crippen molar-refractivity contribution in [1.29, 1.82) is 0 Å². The molecule has 2 heterocycles.